The third-order valence-electron chi connectivity index (χ3n) is 3.99. The normalized spacial score (nSPS) is 11.6. The number of hydrogen-bond acceptors (Lipinski definition) is 4. The summed E-state index contributed by atoms with van der Waals surface area (Å²) < 4.78 is 0. The summed E-state index contributed by atoms with van der Waals surface area (Å²) in [5, 5.41) is 0. The number of rotatable bonds is 6. The molecule has 23 heavy (non-hydrogen) atoms. The predicted molar refractivity (Wildman–Crippen MR) is 93.4 cm³/mol. The van der Waals surface area contributed by atoms with Crippen molar-refractivity contribution in [3.63, 3.8) is 0 Å². The summed E-state index contributed by atoms with van der Waals surface area (Å²) in [7, 11) is 0. The van der Waals surface area contributed by atoms with Gasteiger partial charge in [0.1, 0.15) is 12.0 Å². The number of carbonyl (C=O) groups is 1. The maximum Gasteiger partial charge on any atom is 0.173 e. The molecule has 2 aromatic rings. The Morgan fingerprint density at radius 3 is 2.52 bits per heavy atom. The van der Waals surface area contributed by atoms with E-state index in [1.54, 1.807) is 13.3 Å². The number of aryl methyl sites for hydroxylation is 4. The van der Waals surface area contributed by atoms with E-state index >= 15 is 0 Å². The average molecular weight is 309 g/mol. The highest BCUT2D eigenvalue weighted by Gasteiger charge is 2.10. The first-order chi connectivity index (χ1) is 11.0. The van der Waals surface area contributed by atoms with E-state index in [0.29, 0.717) is 5.71 Å². The van der Waals surface area contributed by atoms with E-state index in [-0.39, 0.29) is 5.78 Å². The number of aromatic nitrogens is 2. The van der Waals surface area contributed by atoms with Crippen molar-refractivity contribution in [3.8, 4) is 0 Å². The number of benzene rings is 1. The van der Waals surface area contributed by atoms with Crippen LogP contribution in [0.5, 0.6) is 0 Å². The molecule has 0 aliphatic rings. The van der Waals surface area contributed by atoms with E-state index in [4.69, 9.17) is 0 Å². The number of aliphatic imine (C=N–C) groups is 1. The average Bonchev–Trinajstić information content (AvgIpc) is 2.52. The van der Waals surface area contributed by atoms with Crippen LogP contribution in [0.25, 0.3) is 0 Å². The van der Waals surface area contributed by atoms with Gasteiger partial charge in [0.05, 0.1) is 17.1 Å². The highest BCUT2D eigenvalue weighted by atomic mass is 16.1. The molecule has 0 aliphatic heterocycles. The van der Waals surface area contributed by atoms with Crippen molar-refractivity contribution in [2.45, 2.75) is 47.0 Å². The minimum absolute atomic E-state index is 0.0286. The van der Waals surface area contributed by atoms with Crippen molar-refractivity contribution < 1.29 is 4.79 Å². The summed E-state index contributed by atoms with van der Waals surface area (Å²) in [6.07, 6.45) is 4.38. The summed E-state index contributed by atoms with van der Waals surface area (Å²) in [4.78, 5) is 24.5. The van der Waals surface area contributed by atoms with E-state index in [2.05, 4.69) is 46.1 Å². The minimum Gasteiger partial charge on any atom is -0.293 e. The molecule has 1 aromatic heterocycles. The Labute approximate surface area is 137 Å². The Morgan fingerprint density at radius 1 is 1.09 bits per heavy atom. The molecule has 2 rings (SSSR count). The standard InChI is InChI=1S/C19H23N3O/c1-13-8-5-6-9-17(13)10-7-11-18-19(15(3)20-12-21-18)22-14(2)16(4)23/h5-6,8-9,12H,7,10-11H2,1-4H3/b22-14+. The van der Waals surface area contributed by atoms with Crippen LogP contribution in [0.1, 0.15) is 42.8 Å². The van der Waals surface area contributed by atoms with Crippen LogP contribution in [0.3, 0.4) is 0 Å². The summed E-state index contributed by atoms with van der Waals surface area (Å²) in [6.45, 7) is 7.29. The lowest BCUT2D eigenvalue weighted by Crippen LogP contribution is -2.05. The van der Waals surface area contributed by atoms with Crippen LogP contribution in [-0.2, 0) is 17.6 Å². The molecule has 1 aromatic carbocycles. The van der Waals surface area contributed by atoms with Crippen LogP contribution in [0.4, 0.5) is 5.69 Å². The van der Waals surface area contributed by atoms with Crippen LogP contribution in [-0.4, -0.2) is 21.5 Å². The van der Waals surface area contributed by atoms with Crippen molar-refractivity contribution in [3.05, 3.63) is 53.1 Å². The van der Waals surface area contributed by atoms with Crippen LogP contribution < -0.4 is 0 Å². The molecule has 0 radical (unpaired) electrons. The smallest absolute Gasteiger partial charge is 0.173 e. The van der Waals surface area contributed by atoms with Crippen molar-refractivity contribution in [2.24, 2.45) is 4.99 Å². The fourth-order valence-corrected chi connectivity index (χ4v) is 2.43. The quantitative estimate of drug-likeness (QED) is 0.759. The molecule has 0 bridgehead atoms. The number of carbonyl (C=O) groups excluding carboxylic acids is 1. The van der Waals surface area contributed by atoms with Crippen LogP contribution >= 0.6 is 0 Å². The molecule has 0 amide bonds. The molecule has 1 heterocycles. The van der Waals surface area contributed by atoms with E-state index in [9.17, 15) is 4.79 Å². The first-order valence-corrected chi connectivity index (χ1v) is 7.90. The van der Waals surface area contributed by atoms with Gasteiger partial charge in [0, 0.05) is 6.92 Å². The molecule has 4 nitrogen and oxygen atoms in total. The molecule has 4 heteroatoms. The number of ketones is 1. The van der Waals surface area contributed by atoms with Crippen molar-refractivity contribution >= 4 is 17.2 Å². The molecule has 0 saturated carbocycles. The lowest BCUT2D eigenvalue weighted by Gasteiger charge is -2.09. The van der Waals surface area contributed by atoms with Gasteiger partial charge in [0.2, 0.25) is 0 Å². The largest absolute Gasteiger partial charge is 0.293 e. The molecule has 120 valence electrons. The lowest BCUT2D eigenvalue weighted by molar-refractivity contribution is -0.111. The summed E-state index contributed by atoms with van der Waals surface area (Å²) in [5.41, 5.74) is 5.63. The Kier molecular flexibility index (Phi) is 5.74. The third-order valence-corrected chi connectivity index (χ3v) is 3.99. The van der Waals surface area contributed by atoms with Gasteiger partial charge in [-0.15, -0.1) is 0 Å². The Morgan fingerprint density at radius 2 is 1.83 bits per heavy atom. The van der Waals surface area contributed by atoms with Crippen molar-refractivity contribution in [1.82, 2.24) is 9.97 Å². The van der Waals surface area contributed by atoms with Gasteiger partial charge in [0.25, 0.3) is 0 Å². The molecule has 0 fully saturated rings. The molecule has 0 spiro atoms. The first kappa shape index (κ1) is 17.0. The van der Waals surface area contributed by atoms with Gasteiger partial charge >= 0.3 is 0 Å². The second-order valence-corrected chi connectivity index (χ2v) is 5.79. The van der Waals surface area contributed by atoms with Crippen molar-refractivity contribution in [2.75, 3.05) is 0 Å². The summed E-state index contributed by atoms with van der Waals surface area (Å²) in [6, 6.07) is 8.43. The molecular weight excluding hydrogens is 286 g/mol. The van der Waals surface area contributed by atoms with Crippen molar-refractivity contribution in [1.29, 1.82) is 0 Å². The minimum atomic E-state index is -0.0286. The van der Waals surface area contributed by atoms with Gasteiger partial charge in [-0.3, -0.25) is 4.79 Å². The van der Waals surface area contributed by atoms with Crippen LogP contribution in [0.2, 0.25) is 0 Å². The van der Waals surface area contributed by atoms with Gasteiger partial charge in [0.15, 0.2) is 5.78 Å². The molecule has 0 N–H and O–H groups in total. The third kappa shape index (κ3) is 4.55. The van der Waals surface area contributed by atoms with E-state index < -0.39 is 0 Å². The number of nitrogens with zero attached hydrogens (tertiary/aromatic N) is 3. The zero-order chi connectivity index (χ0) is 16.8. The monoisotopic (exact) mass is 309 g/mol. The van der Waals surface area contributed by atoms with Gasteiger partial charge in [-0.2, -0.15) is 0 Å². The topological polar surface area (TPSA) is 55.2 Å². The highest BCUT2D eigenvalue weighted by molar-refractivity contribution is 6.38. The number of Topliss-reactive ketones (excluding diaryl/α,β-unsaturated/α-hetero) is 1. The second kappa shape index (κ2) is 7.77. The SMILES string of the molecule is CC(=O)/C(C)=N/c1c(C)ncnc1CCCc1ccccc1C. The summed E-state index contributed by atoms with van der Waals surface area (Å²) in [5.74, 6) is -0.0286. The molecule has 0 aliphatic carbocycles. The lowest BCUT2D eigenvalue weighted by atomic mass is 10.0. The molecule has 0 saturated heterocycles. The molecular formula is C19H23N3O. The maximum atomic E-state index is 11.4. The van der Waals surface area contributed by atoms with E-state index in [0.717, 1.165) is 36.3 Å². The zero-order valence-corrected chi connectivity index (χ0v) is 14.3. The molecule has 0 unspecified atom stereocenters. The maximum absolute atomic E-state index is 11.4. The zero-order valence-electron chi connectivity index (χ0n) is 14.3. The Bertz CT molecular complexity index is 735. The second-order valence-electron chi connectivity index (χ2n) is 5.79. The first-order valence-electron chi connectivity index (χ1n) is 7.90. The van der Waals surface area contributed by atoms with Gasteiger partial charge in [-0.1, -0.05) is 24.3 Å². The van der Waals surface area contributed by atoms with Gasteiger partial charge in [-0.25, -0.2) is 15.0 Å². The Hall–Kier alpha value is -2.36. The fraction of sp³-hybridized carbons (Fsp3) is 0.368. The molecule has 0 atom stereocenters. The predicted octanol–water partition coefficient (Wildman–Crippen LogP) is 3.95. The van der Waals surface area contributed by atoms with E-state index in [1.165, 1.54) is 18.1 Å². The summed E-state index contributed by atoms with van der Waals surface area (Å²) >= 11 is 0. The Balaban J connectivity index is 2.14. The van der Waals surface area contributed by atoms with E-state index in [1.807, 2.05) is 6.92 Å². The van der Waals surface area contributed by atoms with Crippen LogP contribution in [0, 0.1) is 13.8 Å². The number of hydrogen-bond donors (Lipinski definition) is 0. The van der Waals surface area contributed by atoms with Gasteiger partial charge in [-0.05, 0) is 51.2 Å². The fourth-order valence-electron chi connectivity index (χ4n) is 2.43. The van der Waals surface area contributed by atoms with Gasteiger partial charge < -0.3 is 0 Å². The van der Waals surface area contributed by atoms with Crippen LogP contribution in [0.15, 0.2) is 35.6 Å². The highest BCUT2D eigenvalue weighted by Crippen LogP contribution is 2.22.